The summed E-state index contributed by atoms with van der Waals surface area (Å²) in [5.74, 6) is 0. The van der Waals surface area contributed by atoms with Gasteiger partial charge in [-0.05, 0) is 39.3 Å². The SMILES string of the molecule is CCCCC(C)N(CC)C1CCCNC1. The summed E-state index contributed by atoms with van der Waals surface area (Å²) in [5, 5.41) is 3.52. The smallest absolute Gasteiger partial charge is 0.0223 e. The Balaban J connectivity index is 2.37. The van der Waals surface area contributed by atoms with E-state index in [-0.39, 0.29) is 0 Å². The molecule has 2 nitrogen and oxygen atoms in total. The highest BCUT2D eigenvalue weighted by atomic mass is 15.2. The van der Waals surface area contributed by atoms with Gasteiger partial charge in [-0.3, -0.25) is 4.90 Å². The molecule has 0 radical (unpaired) electrons. The Kier molecular flexibility index (Phi) is 6.26. The van der Waals surface area contributed by atoms with Crippen molar-refractivity contribution in [3.05, 3.63) is 0 Å². The lowest BCUT2D eigenvalue weighted by molar-refractivity contribution is 0.121. The fraction of sp³-hybridized carbons (Fsp3) is 1.00. The Morgan fingerprint density at radius 1 is 1.40 bits per heavy atom. The van der Waals surface area contributed by atoms with Crippen LogP contribution in [0.2, 0.25) is 0 Å². The first-order chi connectivity index (χ1) is 7.29. The Labute approximate surface area is 95.4 Å². The molecule has 1 rings (SSSR count). The van der Waals surface area contributed by atoms with Gasteiger partial charge in [0.1, 0.15) is 0 Å². The zero-order valence-electron chi connectivity index (χ0n) is 10.8. The van der Waals surface area contributed by atoms with Crippen molar-refractivity contribution < 1.29 is 0 Å². The molecule has 1 fully saturated rings. The lowest BCUT2D eigenvalue weighted by atomic mass is 10.0. The van der Waals surface area contributed by atoms with Crippen LogP contribution in [0.15, 0.2) is 0 Å². The first-order valence-corrected chi connectivity index (χ1v) is 6.76. The number of hydrogen-bond donors (Lipinski definition) is 1. The summed E-state index contributed by atoms with van der Waals surface area (Å²) in [6.07, 6.45) is 6.79. The molecule has 1 aliphatic heterocycles. The maximum Gasteiger partial charge on any atom is 0.0223 e. The number of rotatable bonds is 6. The highest BCUT2D eigenvalue weighted by Crippen LogP contribution is 2.16. The van der Waals surface area contributed by atoms with Gasteiger partial charge in [0.25, 0.3) is 0 Å². The van der Waals surface area contributed by atoms with Crippen LogP contribution in [0.5, 0.6) is 0 Å². The average Bonchev–Trinajstić information content (AvgIpc) is 2.29. The standard InChI is InChI=1S/C13H28N2/c1-4-6-8-12(3)15(5-2)13-9-7-10-14-11-13/h12-14H,4-11H2,1-3H3. The van der Waals surface area contributed by atoms with Gasteiger partial charge in [0, 0.05) is 18.6 Å². The van der Waals surface area contributed by atoms with E-state index < -0.39 is 0 Å². The molecule has 0 aromatic carbocycles. The van der Waals surface area contributed by atoms with Crippen molar-refractivity contribution in [1.82, 2.24) is 10.2 Å². The van der Waals surface area contributed by atoms with Crippen LogP contribution < -0.4 is 5.32 Å². The van der Waals surface area contributed by atoms with Crippen molar-refractivity contribution in [2.75, 3.05) is 19.6 Å². The second kappa shape index (κ2) is 7.24. The maximum atomic E-state index is 3.52. The molecular formula is C13H28N2. The van der Waals surface area contributed by atoms with Crippen molar-refractivity contribution in [3.63, 3.8) is 0 Å². The van der Waals surface area contributed by atoms with Gasteiger partial charge in [-0.15, -0.1) is 0 Å². The normalized spacial score (nSPS) is 24.4. The van der Waals surface area contributed by atoms with Crippen molar-refractivity contribution in [2.45, 2.75) is 65.0 Å². The molecule has 1 N–H and O–H groups in total. The first kappa shape index (κ1) is 13.0. The van der Waals surface area contributed by atoms with Gasteiger partial charge in [-0.2, -0.15) is 0 Å². The largest absolute Gasteiger partial charge is 0.315 e. The van der Waals surface area contributed by atoms with Crippen LogP contribution in [0.4, 0.5) is 0 Å². The fourth-order valence-corrected chi connectivity index (χ4v) is 2.71. The molecule has 15 heavy (non-hydrogen) atoms. The number of unbranched alkanes of at least 4 members (excludes halogenated alkanes) is 1. The van der Waals surface area contributed by atoms with E-state index in [9.17, 15) is 0 Å². The molecule has 0 aliphatic carbocycles. The lowest BCUT2D eigenvalue weighted by Crippen LogP contribution is -2.49. The van der Waals surface area contributed by atoms with Gasteiger partial charge in [-0.25, -0.2) is 0 Å². The summed E-state index contributed by atoms with van der Waals surface area (Å²) in [5.41, 5.74) is 0. The minimum absolute atomic E-state index is 0.764. The Bertz CT molecular complexity index is 153. The summed E-state index contributed by atoms with van der Waals surface area (Å²) in [6.45, 7) is 10.6. The molecule has 0 spiro atoms. The van der Waals surface area contributed by atoms with Gasteiger partial charge in [0.2, 0.25) is 0 Å². The number of nitrogens with zero attached hydrogens (tertiary/aromatic N) is 1. The number of nitrogens with one attached hydrogen (secondary N) is 1. The van der Waals surface area contributed by atoms with Crippen LogP contribution in [0.1, 0.15) is 52.9 Å². The van der Waals surface area contributed by atoms with E-state index in [1.807, 2.05) is 0 Å². The maximum absolute atomic E-state index is 3.52. The Morgan fingerprint density at radius 3 is 2.73 bits per heavy atom. The minimum Gasteiger partial charge on any atom is -0.315 e. The summed E-state index contributed by atoms with van der Waals surface area (Å²) in [6, 6.07) is 1.55. The molecule has 2 heteroatoms. The second-order valence-corrected chi connectivity index (χ2v) is 4.82. The van der Waals surface area contributed by atoms with Gasteiger partial charge < -0.3 is 5.32 Å². The highest BCUT2D eigenvalue weighted by Gasteiger charge is 2.23. The van der Waals surface area contributed by atoms with Crippen LogP contribution in [0, 0.1) is 0 Å². The van der Waals surface area contributed by atoms with E-state index in [4.69, 9.17) is 0 Å². The van der Waals surface area contributed by atoms with Crippen LogP contribution in [0.25, 0.3) is 0 Å². The van der Waals surface area contributed by atoms with Gasteiger partial charge in [-0.1, -0.05) is 26.7 Å². The van der Waals surface area contributed by atoms with E-state index in [1.54, 1.807) is 0 Å². The van der Waals surface area contributed by atoms with Gasteiger partial charge >= 0.3 is 0 Å². The molecule has 0 aromatic rings. The second-order valence-electron chi connectivity index (χ2n) is 4.82. The van der Waals surface area contributed by atoms with Crippen molar-refractivity contribution in [1.29, 1.82) is 0 Å². The number of hydrogen-bond acceptors (Lipinski definition) is 2. The van der Waals surface area contributed by atoms with Crippen LogP contribution in [0.3, 0.4) is 0 Å². The van der Waals surface area contributed by atoms with Crippen LogP contribution >= 0.6 is 0 Å². The molecular weight excluding hydrogens is 184 g/mol. The summed E-state index contributed by atoms with van der Waals surface area (Å²) in [7, 11) is 0. The molecule has 90 valence electrons. The molecule has 0 bridgehead atoms. The highest BCUT2D eigenvalue weighted by molar-refractivity contribution is 4.81. The fourth-order valence-electron chi connectivity index (χ4n) is 2.71. The third-order valence-electron chi connectivity index (χ3n) is 3.65. The zero-order valence-corrected chi connectivity index (χ0v) is 10.8. The zero-order chi connectivity index (χ0) is 11.1. The van der Waals surface area contributed by atoms with Crippen LogP contribution in [-0.2, 0) is 0 Å². The molecule has 0 aromatic heterocycles. The third-order valence-corrected chi connectivity index (χ3v) is 3.65. The molecule has 1 aliphatic rings. The molecule has 1 saturated heterocycles. The first-order valence-electron chi connectivity index (χ1n) is 6.76. The average molecular weight is 212 g/mol. The molecule has 2 unspecified atom stereocenters. The lowest BCUT2D eigenvalue weighted by Gasteiger charge is -2.38. The van der Waals surface area contributed by atoms with Gasteiger partial charge in [0.15, 0.2) is 0 Å². The van der Waals surface area contributed by atoms with E-state index in [2.05, 4.69) is 31.0 Å². The molecule has 1 heterocycles. The van der Waals surface area contributed by atoms with Crippen molar-refractivity contribution in [3.8, 4) is 0 Å². The number of piperidine rings is 1. The summed E-state index contributed by atoms with van der Waals surface area (Å²) >= 11 is 0. The van der Waals surface area contributed by atoms with Crippen LogP contribution in [-0.4, -0.2) is 36.6 Å². The van der Waals surface area contributed by atoms with Crippen molar-refractivity contribution >= 4 is 0 Å². The Hall–Kier alpha value is -0.0800. The quantitative estimate of drug-likeness (QED) is 0.728. The molecule has 0 saturated carbocycles. The minimum atomic E-state index is 0.764. The van der Waals surface area contributed by atoms with E-state index in [1.165, 1.54) is 51.7 Å². The van der Waals surface area contributed by atoms with E-state index in [0.29, 0.717) is 0 Å². The molecule has 2 atom stereocenters. The van der Waals surface area contributed by atoms with E-state index >= 15 is 0 Å². The summed E-state index contributed by atoms with van der Waals surface area (Å²) in [4.78, 5) is 2.70. The van der Waals surface area contributed by atoms with E-state index in [0.717, 1.165) is 12.1 Å². The topological polar surface area (TPSA) is 15.3 Å². The number of likely N-dealkylation sites (N-methyl/N-ethyl adjacent to an activating group) is 1. The Morgan fingerprint density at radius 2 is 2.20 bits per heavy atom. The summed E-state index contributed by atoms with van der Waals surface area (Å²) < 4.78 is 0. The van der Waals surface area contributed by atoms with Gasteiger partial charge in [0.05, 0.1) is 0 Å². The monoisotopic (exact) mass is 212 g/mol. The predicted octanol–water partition coefficient (Wildman–Crippen LogP) is 2.64. The predicted molar refractivity (Wildman–Crippen MR) is 67.3 cm³/mol. The molecule has 0 amide bonds. The third kappa shape index (κ3) is 4.12. The van der Waals surface area contributed by atoms with Crippen molar-refractivity contribution in [2.24, 2.45) is 0 Å².